The number of ether oxygens (including phenoxy) is 1. The van der Waals surface area contributed by atoms with E-state index >= 15 is 0 Å². The highest BCUT2D eigenvalue weighted by Crippen LogP contribution is 2.41. The van der Waals surface area contributed by atoms with E-state index in [9.17, 15) is 9.59 Å². The zero-order valence-corrected chi connectivity index (χ0v) is 16.9. The third kappa shape index (κ3) is 4.75. The molecule has 0 saturated carbocycles. The number of Topliss-reactive ketones (excluding diaryl/α,β-unsaturated/α-hetero) is 1. The van der Waals surface area contributed by atoms with E-state index in [0.29, 0.717) is 5.56 Å². The average Bonchev–Trinajstić information content (AvgIpc) is 2.53. The molecule has 4 heteroatoms. The molecule has 0 saturated heterocycles. The Balaban J connectivity index is 2.04. The molecule has 0 bridgehead atoms. The number of benzene rings is 1. The number of carbonyl (C=O) groups is 2. The summed E-state index contributed by atoms with van der Waals surface area (Å²) in [6.45, 7) is 8.10. The number of anilines is 1. The Bertz CT molecular complexity index is 716. The van der Waals surface area contributed by atoms with Crippen LogP contribution in [0.2, 0.25) is 0 Å². The molecule has 1 unspecified atom stereocenters. The van der Waals surface area contributed by atoms with E-state index in [0.717, 1.165) is 30.5 Å². The van der Waals surface area contributed by atoms with Crippen molar-refractivity contribution >= 4 is 17.4 Å². The quantitative estimate of drug-likeness (QED) is 0.687. The molecule has 26 heavy (non-hydrogen) atoms. The lowest BCUT2D eigenvalue weighted by atomic mass is 9.70. The highest BCUT2D eigenvalue weighted by atomic mass is 16.5. The van der Waals surface area contributed by atoms with Crippen LogP contribution in [0.15, 0.2) is 35.4 Å². The number of rotatable bonds is 6. The Labute approximate surface area is 157 Å². The summed E-state index contributed by atoms with van der Waals surface area (Å²) in [4.78, 5) is 27.2. The summed E-state index contributed by atoms with van der Waals surface area (Å²) in [5, 5.41) is 0. The molecule has 1 aliphatic rings. The van der Waals surface area contributed by atoms with E-state index in [1.165, 1.54) is 5.57 Å². The van der Waals surface area contributed by atoms with Gasteiger partial charge >= 0.3 is 5.97 Å². The van der Waals surface area contributed by atoms with Crippen molar-refractivity contribution in [1.82, 2.24) is 0 Å². The first-order valence-corrected chi connectivity index (χ1v) is 9.33. The Hall–Kier alpha value is -2.10. The summed E-state index contributed by atoms with van der Waals surface area (Å²) in [5.41, 5.74) is 3.46. The Morgan fingerprint density at radius 2 is 1.96 bits per heavy atom. The lowest BCUT2D eigenvalue weighted by molar-refractivity contribution is -0.118. The Morgan fingerprint density at radius 1 is 1.27 bits per heavy atom. The van der Waals surface area contributed by atoms with E-state index in [2.05, 4.69) is 20.8 Å². The van der Waals surface area contributed by atoms with Gasteiger partial charge in [0.2, 0.25) is 0 Å². The van der Waals surface area contributed by atoms with Crippen LogP contribution in [-0.4, -0.2) is 32.0 Å². The second-order valence-corrected chi connectivity index (χ2v) is 8.18. The number of carbonyl (C=O) groups excluding carboxylic acids is 2. The minimum Gasteiger partial charge on any atom is -0.459 e. The summed E-state index contributed by atoms with van der Waals surface area (Å²) in [6.07, 6.45) is 2.92. The lowest BCUT2D eigenvalue weighted by Crippen LogP contribution is -2.29. The molecule has 2 rings (SSSR count). The molecule has 4 nitrogen and oxygen atoms in total. The predicted molar refractivity (Wildman–Crippen MR) is 106 cm³/mol. The van der Waals surface area contributed by atoms with E-state index < -0.39 is 6.10 Å². The van der Waals surface area contributed by atoms with Gasteiger partial charge in [0.25, 0.3) is 0 Å². The number of ketones is 1. The van der Waals surface area contributed by atoms with Gasteiger partial charge in [0.05, 0.1) is 5.56 Å². The molecular weight excluding hydrogens is 326 g/mol. The normalized spacial score (nSPS) is 17.6. The molecule has 0 aromatic heterocycles. The second-order valence-electron chi connectivity index (χ2n) is 8.18. The van der Waals surface area contributed by atoms with Gasteiger partial charge in [-0.25, -0.2) is 4.79 Å². The van der Waals surface area contributed by atoms with Gasteiger partial charge in [-0.2, -0.15) is 0 Å². The first-order chi connectivity index (χ1) is 12.1. The highest BCUT2D eigenvalue weighted by Gasteiger charge is 2.33. The van der Waals surface area contributed by atoms with Crippen LogP contribution in [0, 0.1) is 5.41 Å². The third-order valence-electron chi connectivity index (χ3n) is 5.12. The maximum atomic E-state index is 12.8. The van der Waals surface area contributed by atoms with E-state index in [4.69, 9.17) is 4.74 Å². The van der Waals surface area contributed by atoms with E-state index in [1.54, 1.807) is 19.1 Å². The lowest BCUT2D eigenvalue weighted by Gasteiger charge is -2.34. The zero-order valence-electron chi connectivity index (χ0n) is 16.9. The molecule has 1 aromatic carbocycles. The maximum Gasteiger partial charge on any atom is 0.338 e. The second kappa shape index (κ2) is 8.07. The van der Waals surface area contributed by atoms with E-state index in [-0.39, 0.29) is 23.6 Å². The standard InChI is InChI=1S/C22H31NO3/c1-15-9-8-12-22(3,4)20(15)19(24)13-16(2)26-21(25)17-10-7-11-18(14-17)23(5)6/h7,10-11,14,16H,8-9,12-13H2,1-6H3. The summed E-state index contributed by atoms with van der Waals surface area (Å²) < 4.78 is 5.54. The molecule has 0 fully saturated rings. The maximum absolute atomic E-state index is 12.8. The molecule has 0 heterocycles. The molecule has 0 N–H and O–H groups in total. The van der Waals surface area contributed by atoms with E-state index in [1.807, 2.05) is 31.1 Å². The van der Waals surface area contributed by atoms with Crippen molar-refractivity contribution in [2.24, 2.45) is 5.41 Å². The molecular formula is C22H31NO3. The molecule has 0 aliphatic heterocycles. The van der Waals surface area contributed by atoms with Crippen LogP contribution in [0.4, 0.5) is 5.69 Å². The summed E-state index contributed by atoms with van der Waals surface area (Å²) in [6, 6.07) is 7.30. The molecule has 0 radical (unpaired) electrons. The third-order valence-corrected chi connectivity index (χ3v) is 5.12. The van der Waals surface area contributed by atoms with Crippen LogP contribution < -0.4 is 4.90 Å². The van der Waals surface area contributed by atoms with Crippen LogP contribution >= 0.6 is 0 Å². The highest BCUT2D eigenvalue weighted by molar-refractivity contribution is 5.98. The van der Waals surface area contributed by atoms with Crippen molar-refractivity contribution in [3.05, 3.63) is 41.0 Å². The van der Waals surface area contributed by atoms with Gasteiger partial charge in [-0.15, -0.1) is 0 Å². The van der Waals surface area contributed by atoms with Gasteiger partial charge in [-0.1, -0.05) is 25.5 Å². The van der Waals surface area contributed by atoms with Gasteiger partial charge in [0.15, 0.2) is 5.78 Å². The van der Waals surface area contributed by atoms with Crippen molar-refractivity contribution in [3.8, 4) is 0 Å². The van der Waals surface area contributed by atoms with Crippen molar-refractivity contribution in [2.45, 2.75) is 59.5 Å². The molecule has 142 valence electrons. The Morgan fingerprint density at radius 3 is 2.58 bits per heavy atom. The largest absolute Gasteiger partial charge is 0.459 e. The first kappa shape index (κ1) is 20.2. The van der Waals surface area contributed by atoms with Crippen molar-refractivity contribution in [2.75, 3.05) is 19.0 Å². The molecule has 1 aromatic rings. The summed E-state index contributed by atoms with van der Waals surface area (Å²) in [5.74, 6) is -0.280. The van der Waals surface area contributed by atoms with Crippen LogP contribution in [-0.2, 0) is 9.53 Å². The fraction of sp³-hybridized carbons (Fsp3) is 0.545. The topological polar surface area (TPSA) is 46.6 Å². The molecule has 1 aliphatic carbocycles. The molecule has 0 amide bonds. The van der Waals surface area contributed by atoms with Crippen molar-refractivity contribution < 1.29 is 14.3 Å². The number of hydrogen-bond donors (Lipinski definition) is 0. The zero-order chi connectivity index (χ0) is 19.5. The fourth-order valence-electron chi connectivity index (χ4n) is 3.81. The van der Waals surface area contributed by atoms with Crippen LogP contribution in [0.3, 0.4) is 0 Å². The fourth-order valence-corrected chi connectivity index (χ4v) is 3.81. The minimum atomic E-state index is -0.448. The average molecular weight is 357 g/mol. The van der Waals surface area contributed by atoms with Crippen LogP contribution in [0.1, 0.15) is 63.7 Å². The molecule has 1 atom stereocenters. The smallest absolute Gasteiger partial charge is 0.338 e. The van der Waals surface area contributed by atoms with Gasteiger partial charge < -0.3 is 9.64 Å². The summed E-state index contributed by atoms with van der Waals surface area (Å²) in [7, 11) is 3.85. The van der Waals surface area contributed by atoms with Crippen LogP contribution in [0.25, 0.3) is 0 Å². The van der Waals surface area contributed by atoms with Gasteiger partial charge in [0, 0.05) is 26.2 Å². The molecule has 0 spiro atoms. The predicted octanol–water partition coefficient (Wildman–Crippen LogP) is 4.78. The number of allylic oxidation sites excluding steroid dienone is 2. The minimum absolute atomic E-state index is 0.0941. The summed E-state index contributed by atoms with van der Waals surface area (Å²) >= 11 is 0. The number of esters is 1. The van der Waals surface area contributed by atoms with Gasteiger partial charge in [-0.3, -0.25) is 4.79 Å². The van der Waals surface area contributed by atoms with Crippen LogP contribution in [0.5, 0.6) is 0 Å². The van der Waals surface area contributed by atoms with Crippen molar-refractivity contribution in [3.63, 3.8) is 0 Å². The number of hydrogen-bond acceptors (Lipinski definition) is 4. The Kier molecular flexibility index (Phi) is 6.27. The SMILES string of the molecule is CC1=C(C(=O)CC(C)OC(=O)c2cccc(N(C)C)c2)C(C)(C)CCC1. The number of nitrogens with zero attached hydrogens (tertiary/aromatic N) is 1. The van der Waals surface area contributed by atoms with Crippen molar-refractivity contribution in [1.29, 1.82) is 0 Å². The van der Waals surface area contributed by atoms with Gasteiger partial charge in [-0.05, 0) is 62.3 Å². The monoisotopic (exact) mass is 357 g/mol. The first-order valence-electron chi connectivity index (χ1n) is 9.33. The van der Waals surface area contributed by atoms with Gasteiger partial charge in [0.1, 0.15) is 6.10 Å².